The number of allylic oxidation sites excluding steroid dienone is 2. The Labute approximate surface area is 545 Å². The Bertz CT molecular complexity index is 1840. The van der Waals surface area contributed by atoms with E-state index in [1.807, 2.05) is 0 Å². The minimum atomic E-state index is -5.31. The molecule has 0 aliphatic carbocycles. The van der Waals surface area contributed by atoms with Gasteiger partial charge in [0.15, 0.2) is 12.6 Å². The largest absolute Gasteiger partial charge is 0.472 e. The summed E-state index contributed by atoms with van der Waals surface area (Å²) >= 11 is 0. The van der Waals surface area contributed by atoms with Crippen LogP contribution in [-0.4, -0.2) is 151 Å². The van der Waals surface area contributed by atoms with Crippen molar-refractivity contribution in [2.75, 3.05) is 47.3 Å². The molecule has 0 spiro atoms. The van der Waals surface area contributed by atoms with Crippen LogP contribution < -0.4 is 5.32 Å². The SMILES string of the molecule is CCCCCC/C=C\CCCCCCCCCC(=O)N[C@H]1[C@H](OC[C@H]2O[C@@H](OP(=O)(O)O)[C@H](OCCC(=O)CCCCCCCCCCC)[C@@H](OCCCCCCCCCCCC)[C@@H]2O)O[C@H](COC)[C@@H](OP(=O)(O)O)[C@@H]1OCC[C@@H](CCCCCCC)OC. The van der Waals surface area contributed by atoms with Crippen molar-refractivity contribution in [2.24, 2.45) is 0 Å². The van der Waals surface area contributed by atoms with Gasteiger partial charge < -0.3 is 67.9 Å². The van der Waals surface area contributed by atoms with Crippen molar-refractivity contribution in [1.29, 1.82) is 0 Å². The van der Waals surface area contributed by atoms with Crippen LogP contribution in [0.15, 0.2) is 12.2 Å². The van der Waals surface area contributed by atoms with Crippen LogP contribution in [0, 0.1) is 0 Å². The van der Waals surface area contributed by atoms with E-state index in [-0.39, 0.29) is 51.2 Å². The third-order valence-corrected chi connectivity index (χ3v) is 18.3. The molecule has 0 aromatic carbocycles. The number of ketones is 1. The van der Waals surface area contributed by atoms with E-state index in [9.17, 15) is 43.4 Å². The molecule has 2 saturated heterocycles. The molecule has 0 radical (unpaired) electrons. The first-order chi connectivity index (χ1) is 43.5. The van der Waals surface area contributed by atoms with Gasteiger partial charge in [-0.2, -0.15) is 0 Å². The quantitative estimate of drug-likeness (QED) is 0.0188. The predicted octanol–water partition coefficient (Wildman–Crippen LogP) is 15.3. The molecule has 6 N–H and O–H groups in total. The molecule has 0 bridgehead atoms. The van der Waals surface area contributed by atoms with Gasteiger partial charge in [0.1, 0.15) is 54.6 Å². The van der Waals surface area contributed by atoms with E-state index in [2.05, 4.69) is 45.2 Å². The van der Waals surface area contributed by atoms with Gasteiger partial charge in [-0.3, -0.25) is 18.6 Å². The summed E-state index contributed by atoms with van der Waals surface area (Å²) in [7, 11) is -7.55. The number of carbonyl (C=O) groups is 2. The van der Waals surface area contributed by atoms with Crippen LogP contribution in [0.25, 0.3) is 0 Å². The normalized spacial score (nSPS) is 22.8. The molecule has 11 atom stereocenters. The number of carbonyl (C=O) groups excluding carboxylic acids is 2. The number of hydrogen-bond donors (Lipinski definition) is 6. The summed E-state index contributed by atoms with van der Waals surface area (Å²) in [6.07, 6.45) is 33.2. The smallest absolute Gasteiger partial charge is 0.387 e. The number of amides is 1. The Morgan fingerprint density at radius 2 is 0.911 bits per heavy atom. The van der Waals surface area contributed by atoms with Crippen LogP contribution in [0.1, 0.15) is 297 Å². The number of rotatable bonds is 62. The number of ether oxygens (including phenoxy) is 8. The predicted molar refractivity (Wildman–Crippen MR) is 354 cm³/mol. The van der Waals surface area contributed by atoms with Gasteiger partial charge in [0, 0.05) is 46.7 Å². The first kappa shape index (κ1) is 84.8. The number of aliphatic hydroxyl groups excluding tert-OH is 1. The number of nitrogens with one attached hydrogen (secondary N) is 1. The third-order valence-electron chi connectivity index (χ3n) is 17.3. The van der Waals surface area contributed by atoms with E-state index < -0.39 is 89.5 Å². The number of methoxy groups -OCH3 is 2. The van der Waals surface area contributed by atoms with Gasteiger partial charge in [-0.1, -0.05) is 232 Å². The van der Waals surface area contributed by atoms with Gasteiger partial charge in [0.2, 0.25) is 5.91 Å². The van der Waals surface area contributed by atoms with E-state index in [4.69, 9.17) is 46.9 Å². The topological polar surface area (TPSA) is 274 Å². The van der Waals surface area contributed by atoms with E-state index in [0.717, 1.165) is 141 Å². The lowest BCUT2D eigenvalue weighted by atomic mass is 9.95. The van der Waals surface area contributed by atoms with Crippen LogP contribution >= 0.6 is 15.6 Å². The number of unbranched alkanes of at least 4 members (excludes halogenated alkanes) is 32. The zero-order valence-electron chi connectivity index (χ0n) is 57.1. The molecule has 20 nitrogen and oxygen atoms in total. The number of hydrogen-bond acceptors (Lipinski definition) is 15. The Kier molecular flexibility index (Phi) is 51.7. The monoisotopic (exact) mass is 1330 g/mol. The molecule has 90 heavy (non-hydrogen) atoms. The molecule has 532 valence electrons. The maximum Gasteiger partial charge on any atom is 0.472 e. The molecule has 22 heteroatoms. The fraction of sp³-hybridized carbons (Fsp3) is 0.941. The van der Waals surface area contributed by atoms with Gasteiger partial charge >= 0.3 is 15.6 Å². The Morgan fingerprint density at radius 1 is 0.456 bits per heavy atom. The summed E-state index contributed by atoms with van der Waals surface area (Å²) in [6.45, 7) is 8.02. The summed E-state index contributed by atoms with van der Waals surface area (Å²) < 4.78 is 85.9. The van der Waals surface area contributed by atoms with Gasteiger partial charge in [-0.15, -0.1) is 0 Å². The summed E-state index contributed by atoms with van der Waals surface area (Å²) in [5.41, 5.74) is 0. The first-order valence-corrected chi connectivity index (χ1v) is 39.0. The summed E-state index contributed by atoms with van der Waals surface area (Å²) in [6, 6.07) is -1.28. The standard InChI is InChI=1S/C68H131NO19P2/c1-7-11-15-19-22-25-27-28-29-30-31-33-36-40-44-48-60(71)69-61-64(82-53-50-57(80-6)47-43-38-18-14-10-4)63(87-89(73,74)75)59(54-79-5)86-67(61)84-55-58-62(72)65(81-51-45-41-37-34-26-23-20-16-12-8-2)66(68(85-58)88-90(76,77)78)83-52-49-56(70)46-42-39-35-32-24-21-17-13-9-3/h25,27,57-59,61-68,72H,7-24,26,28-55H2,1-6H3,(H,69,71)(H2,73,74,75)(H2,76,77,78)/b27-25-/t57-,58-,59-,61-,62-,63-,64-,65+,66-,67-,68+/m1/s1. The molecule has 0 unspecified atom stereocenters. The highest BCUT2D eigenvalue weighted by Gasteiger charge is 2.53. The molecule has 2 aliphatic heterocycles. The molecule has 0 saturated carbocycles. The highest BCUT2D eigenvalue weighted by Crippen LogP contribution is 2.44. The van der Waals surface area contributed by atoms with Crippen molar-refractivity contribution >= 4 is 27.3 Å². The van der Waals surface area contributed by atoms with E-state index >= 15 is 0 Å². The van der Waals surface area contributed by atoms with Crippen LogP contribution in [0.3, 0.4) is 0 Å². The Balaban J connectivity index is 2.42. The van der Waals surface area contributed by atoms with Crippen LogP contribution in [-0.2, 0) is 65.7 Å². The van der Waals surface area contributed by atoms with Crippen molar-refractivity contribution < 1.29 is 90.3 Å². The van der Waals surface area contributed by atoms with Crippen molar-refractivity contribution in [3.8, 4) is 0 Å². The number of phosphoric acid groups is 2. The lowest BCUT2D eigenvalue weighted by Gasteiger charge is -2.47. The molecule has 2 heterocycles. The second kappa shape index (κ2) is 54.8. The number of Topliss-reactive ketones (excluding diaryl/α,β-unsaturated/α-hetero) is 1. The van der Waals surface area contributed by atoms with Crippen LogP contribution in [0.4, 0.5) is 0 Å². The van der Waals surface area contributed by atoms with E-state index in [0.29, 0.717) is 25.7 Å². The average Bonchev–Trinajstić information content (AvgIpc) is 0.844. The van der Waals surface area contributed by atoms with Gasteiger partial charge in [0.05, 0.1) is 25.9 Å². The maximum absolute atomic E-state index is 14.1. The van der Waals surface area contributed by atoms with Gasteiger partial charge in [-0.25, -0.2) is 9.13 Å². The lowest BCUT2D eigenvalue weighted by Crippen LogP contribution is -2.67. The summed E-state index contributed by atoms with van der Waals surface area (Å²) in [4.78, 5) is 68.5. The van der Waals surface area contributed by atoms with Crippen LogP contribution in [0.5, 0.6) is 0 Å². The minimum absolute atomic E-state index is 0.0114. The molecular formula is C68H131NO19P2. The molecular weight excluding hydrogens is 1200 g/mol. The molecule has 2 rings (SSSR count). The van der Waals surface area contributed by atoms with Gasteiger partial charge in [0.25, 0.3) is 0 Å². The van der Waals surface area contributed by atoms with Gasteiger partial charge in [-0.05, 0) is 57.8 Å². The zero-order valence-corrected chi connectivity index (χ0v) is 58.9. The highest BCUT2D eigenvalue weighted by atomic mass is 31.2. The molecule has 1 amide bonds. The molecule has 2 fully saturated rings. The lowest BCUT2D eigenvalue weighted by molar-refractivity contribution is -0.318. The van der Waals surface area contributed by atoms with Crippen molar-refractivity contribution in [1.82, 2.24) is 5.32 Å². The second-order valence-corrected chi connectivity index (χ2v) is 27.7. The average molecular weight is 1330 g/mol. The second-order valence-electron chi connectivity index (χ2n) is 25.4. The molecule has 0 aromatic heterocycles. The van der Waals surface area contributed by atoms with Crippen molar-refractivity contribution in [3.05, 3.63) is 12.2 Å². The maximum atomic E-state index is 14.1. The Hall–Kier alpha value is -1.26. The summed E-state index contributed by atoms with van der Waals surface area (Å²) in [5.74, 6) is -0.428. The van der Waals surface area contributed by atoms with Crippen LogP contribution in [0.2, 0.25) is 0 Å². The first-order valence-electron chi connectivity index (χ1n) is 35.9. The molecule has 2 aliphatic rings. The van der Waals surface area contributed by atoms with E-state index in [1.165, 1.54) is 97.0 Å². The fourth-order valence-electron chi connectivity index (χ4n) is 12.0. The van der Waals surface area contributed by atoms with Crippen molar-refractivity contribution in [2.45, 2.75) is 365 Å². The fourth-order valence-corrected chi connectivity index (χ4v) is 13.0. The highest BCUT2D eigenvalue weighted by molar-refractivity contribution is 7.46. The van der Waals surface area contributed by atoms with Crippen molar-refractivity contribution in [3.63, 3.8) is 0 Å². The van der Waals surface area contributed by atoms with E-state index in [1.54, 1.807) is 7.11 Å². The summed E-state index contributed by atoms with van der Waals surface area (Å²) in [5, 5.41) is 15.3. The third kappa shape index (κ3) is 42.3. The Morgan fingerprint density at radius 3 is 1.43 bits per heavy atom. The number of phosphoric ester groups is 2. The minimum Gasteiger partial charge on any atom is -0.387 e. The zero-order chi connectivity index (χ0) is 65.9. The molecule has 0 aromatic rings. The number of aliphatic hydroxyl groups is 1.